The number of hydrogen-bond donors (Lipinski definition) is 2. The highest BCUT2D eigenvalue weighted by Gasteiger charge is 2.07. The van der Waals surface area contributed by atoms with Gasteiger partial charge in [-0.2, -0.15) is 5.26 Å². The molecule has 0 heterocycles. The maximum absolute atomic E-state index is 8.94. The lowest BCUT2D eigenvalue weighted by molar-refractivity contribution is 0.805. The van der Waals surface area contributed by atoms with Crippen molar-refractivity contribution in [1.29, 1.82) is 5.26 Å². The zero-order valence-corrected chi connectivity index (χ0v) is 10.9. The summed E-state index contributed by atoms with van der Waals surface area (Å²) in [6.45, 7) is 2.94. The van der Waals surface area contributed by atoms with Gasteiger partial charge in [-0.25, -0.2) is 0 Å². The van der Waals surface area contributed by atoms with Crippen LogP contribution in [-0.4, -0.2) is 6.54 Å². The highest BCUT2D eigenvalue weighted by molar-refractivity contribution is 5.72. The maximum atomic E-state index is 8.94. The van der Waals surface area contributed by atoms with Gasteiger partial charge in [0.2, 0.25) is 0 Å². The number of hydrogen-bond acceptors (Lipinski definition) is 3. The van der Waals surface area contributed by atoms with Crippen LogP contribution in [0.25, 0.3) is 0 Å². The van der Waals surface area contributed by atoms with Crippen molar-refractivity contribution in [2.45, 2.75) is 12.8 Å². The van der Waals surface area contributed by atoms with Crippen LogP contribution in [0.5, 0.6) is 0 Å². The molecular weight excluding hydrogens is 234 g/mol. The van der Waals surface area contributed by atoms with Crippen LogP contribution in [-0.2, 0) is 0 Å². The van der Waals surface area contributed by atoms with Crippen LogP contribution in [0.3, 0.4) is 0 Å². The molecule has 1 atom stereocenters. The molecule has 19 heavy (non-hydrogen) atoms. The molecule has 0 bridgehead atoms. The Morgan fingerprint density at radius 3 is 2.58 bits per heavy atom. The van der Waals surface area contributed by atoms with Gasteiger partial charge in [0.25, 0.3) is 0 Å². The molecule has 3 nitrogen and oxygen atoms in total. The molecule has 0 saturated carbocycles. The molecule has 0 aliphatic rings. The van der Waals surface area contributed by atoms with Crippen molar-refractivity contribution in [2.24, 2.45) is 0 Å². The molecule has 0 aliphatic heterocycles. The molecule has 0 fully saturated rings. The lowest BCUT2D eigenvalue weighted by atomic mass is 10.0. The summed E-state index contributed by atoms with van der Waals surface area (Å²) in [6, 6.07) is 17.9. The Kier molecular flexibility index (Phi) is 4.04. The molecule has 3 heteroatoms. The maximum Gasteiger partial charge on any atom is 0.101 e. The van der Waals surface area contributed by atoms with Gasteiger partial charge in [-0.3, -0.25) is 0 Å². The molecular formula is C16H17N3. The second-order valence-electron chi connectivity index (χ2n) is 4.57. The smallest absolute Gasteiger partial charge is 0.101 e. The van der Waals surface area contributed by atoms with E-state index in [1.165, 1.54) is 5.56 Å². The summed E-state index contributed by atoms with van der Waals surface area (Å²) in [5.41, 5.74) is 9.07. The predicted molar refractivity (Wildman–Crippen MR) is 78.9 cm³/mol. The first-order chi connectivity index (χ1) is 9.22. The molecule has 0 aliphatic carbocycles. The average Bonchev–Trinajstić information content (AvgIpc) is 2.47. The van der Waals surface area contributed by atoms with Crippen molar-refractivity contribution in [1.82, 2.24) is 0 Å². The van der Waals surface area contributed by atoms with Crippen LogP contribution < -0.4 is 11.1 Å². The number of nitrogens with one attached hydrogen (secondary N) is 1. The zero-order chi connectivity index (χ0) is 13.7. The molecule has 2 aromatic carbocycles. The van der Waals surface area contributed by atoms with Gasteiger partial charge in [0.15, 0.2) is 0 Å². The van der Waals surface area contributed by atoms with Crippen LogP contribution in [0.4, 0.5) is 11.4 Å². The third-order valence-corrected chi connectivity index (χ3v) is 3.19. The molecule has 3 N–H and O–H groups in total. The van der Waals surface area contributed by atoms with Gasteiger partial charge < -0.3 is 11.1 Å². The Labute approximate surface area is 113 Å². The summed E-state index contributed by atoms with van der Waals surface area (Å²) in [6.07, 6.45) is 0. The Balaban J connectivity index is 2.06. The molecule has 1 unspecified atom stereocenters. The number of nitrogen functional groups attached to an aromatic ring is 1. The minimum atomic E-state index is 0.381. The number of rotatable bonds is 4. The van der Waals surface area contributed by atoms with E-state index in [1.54, 1.807) is 6.07 Å². The number of anilines is 2. The van der Waals surface area contributed by atoms with Gasteiger partial charge in [-0.1, -0.05) is 43.3 Å². The average molecular weight is 251 g/mol. The van der Waals surface area contributed by atoms with E-state index in [-0.39, 0.29) is 0 Å². The monoisotopic (exact) mass is 251 g/mol. The van der Waals surface area contributed by atoms with Crippen LogP contribution in [0, 0.1) is 11.3 Å². The van der Waals surface area contributed by atoms with Crippen molar-refractivity contribution in [3.63, 3.8) is 0 Å². The van der Waals surface area contributed by atoms with E-state index in [0.29, 0.717) is 17.2 Å². The summed E-state index contributed by atoms with van der Waals surface area (Å²) in [7, 11) is 0. The van der Waals surface area contributed by atoms with Crippen LogP contribution >= 0.6 is 0 Å². The van der Waals surface area contributed by atoms with E-state index in [9.17, 15) is 0 Å². The lowest BCUT2D eigenvalue weighted by Gasteiger charge is -2.15. The fourth-order valence-corrected chi connectivity index (χ4v) is 1.98. The van der Waals surface area contributed by atoms with E-state index in [4.69, 9.17) is 11.0 Å². The minimum Gasteiger partial charge on any atom is -0.396 e. The highest BCUT2D eigenvalue weighted by atomic mass is 14.9. The number of nitrogens with two attached hydrogens (primary N) is 1. The van der Waals surface area contributed by atoms with Crippen LogP contribution in [0.15, 0.2) is 48.5 Å². The first kappa shape index (κ1) is 13.0. The van der Waals surface area contributed by atoms with Gasteiger partial charge in [-0.15, -0.1) is 0 Å². The quantitative estimate of drug-likeness (QED) is 0.819. The first-order valence-electron chi connectivity index (χ1n) is 6.29. The fraction of sp³-hybridized carbons (Fsp3) is 0.188. The van der Waals surface area contributed by atoms with Gasteiger partial charge in [-0.05, 0) is 23.6 Å². The Morgan fingerprint density at radius 1 is 1.16 bits per heavy atom. The second-order valence-corrected chi connectivity index (χ2v) is 4.57. The summed E-state index contributed by atoms with van der Waals surface area (Å²) in [5.74, 6) is 0.381. The first-order valence-corrected chi connectivity index (χ1v) is 6.29. The molecule has 96 valence electrons. The van der Waals surface area contributed by atoms with Crippen molar-refractivity contribution in [3.8, 4) is 6.07 Å². The Hall–Kier alpha value is -2.47. The summed E-state index contributed by atoms with van der Waals surface area (Å²) in [5, 5.41) is 12.3. The molecule has 0 spiro atoms. The van der Waals surface area contributed by atoms with Crippen molar-refractivity contribution in [3.05, 3.63) is 59.7 Å². The molecule has 0 amide bonds. The molecule has 2 rings (SSSR count). The van der Waals surface area contributed by atoms with Gasteiger partial charge >= 0.3 is 0 Å². The number of para-hydroxylation sites is 1. The lowest BCUT2D eigenvalue weighted by Crippen LogP contribution is -2.11. The summed E-state index contributed by atoms with van der Waals surface area (Å²) in [4.78, 5) is 0. The van der Waals surface area contributed by atoms with Gasteiger partial charge in [0.1, 0.15) is 6.07 Å². The predicted octanol–water partition coefficient (Wildman–Crippen LogP) is 3.36. The molecule has 0 radical (unpaired) electrons. The van der Waals surface area contributed by atoms with E-state index < -0.39 is 0 Å². The number of benzene rings is 2. The third kappa shape index (κ3) is 3.05. The third-order valence-electron chi connectivity index (χ3n) is 3.19. The molecule has 0 aromatic heterocycles. The van der Waals surface area contributed by atoms with Crippen LogP contribution in [0.2, 0.25) is 0 Å². The topological polar surface area (TPSA) is 61.8 Å². The van der Waals surface area contributed by atoms with Gasteiger partial charge in [0, 0.05) is 6.54 Å². The molecule has 2 aromatic rings. The highest BCUT2D eigenvalue weighted by Crippen LogP contribution is 2.23. The normalized spacial score (nSPS) is 11.6. The Bertz CT molecular complexity index is 585. The molecule has 0 saturated heterocycles. The zero-order valence-electron chi connectivity index (χ0n) is 10.9. The van der Waals surface area contributed by atoms with Crippen LogP contribution in [0.1, 0.15) is 24.0 Å². The number of nitrogens with zero attached hydrogens (tertiary/aromatic N) is 1. The minimum absolute atomic E-state index is 0.381. The fourth-order valence-electron chi connectivity index (χ4n) is 1.98. The Morgan fingerprint density at radius 2 is 1.89 bits per heavy atom. The SMILES string of the molecule is CC(CNc1cccc(C#N)c1N)c1ccccc1. The summed E-state index contributed by atoms with van der Waals surface area (Å²) >= 11 is 0. The van der Waals surface area contributed by atoms with E-state index in [2.05, 4.69) is 30.4 Å². The number of nitriles is 1. The largest absolute Gasteiger partial charge is 0.396 e. The van der Waals surface area contributed by atoms with E-state index in [1.807, 2.05) is 30.3 Å². The summed E-state index contributed by atoms with van der Waals surface area (Å²) < 4.78 is 0. The van der Waals surface area contributed by atoms with E-state index >= 15 is 0 Å². The van der Waals surface area contributed by atoms with Gasteiger partial charge in [0.05, 0.1) is 16.9 Å². The second kappa shape index (κ2) is 5.92. The van der Waals surface area contributed by atoms with Crippen molar-refractivity contribution in [2.75, 3.05) is 17.6 Å². The van der Waals surface area contributed by atoms with Crippen molar-refractivity contribution < 1.29 is 0 Å². The standard InChI is InChI=1S/C16H17N3/c1-12(13-6-3-2-4-7-13)11-19-15-9-5-8-14(10-17)16(15)18/h2-9,12,19H,11,18H2,1H3. The van der Waals surface area contributed by atoms with E-state index in [0.717, 1.165) is 12.2 Å². The van der Waals surface area contributed by atoms with Crippen molar-refractivity contribution >= 4 is 11.4 Å².